The summed E-state index contributed by atoms with van der Waals surface area (Å²) in [5.41, 5.74) is 0. The van der Waals surface area contributed by atoms with Crippen molar-refractivity contribution in [3.8, 4) is 11.5 Å². The summed E-state index contributed by atoms with van der Waals surface area (Å²) in [6.45, 7) is 4.41. The second-order valence-electron chi connectivity index (χ2n) is 6.68. The predicted molar refractivity (Wildman–Crippen MR) is 116 cm³/mol. The van der Waals surface area contributed by atoms with E-state index in [2.05, 4.69) is 38.0 Å². The van der Waals surface area contributed by atoms with Crippen LogP contribution >= 0.6 is 11.3 Å². The lowest BCUT2D eigenvalue weighted by atomic mass is 10.2. The molecule has 28 heavy (non-hydrogen) atoms. The van der Waals surface area contributed by atoms with Crippen LogP contribution in [0.5, 0.6) is 11.5 Å². The molecule has 0 saturated carbocycles. The number of aliphatic imine (C=N–C) groups is 1. The maximum Gasteiger partial charge on any atom is 0.191 e. The minimum atomic E-state index is 0.397. The first kappa shape index (κ1) is 20.5. The van der Waals surface area contributed by atoms with Gasteiger partial charge in [0, 0.05) is 24.5 Å². The van der Waals surface area contributed by atoms with Crippen molar-refractivity contribution in [2.75, 3.05) is 46.9 Å². The maximum absolute atomic E-state index is 5.78. The number of nitrogens with zero attached hydrogens (tertiary/aromatic N) is 2. The quantitative estimate of drug-likeness (QED) is 0.383. The number of likely N-dealkylation sites (tertiary alicyclic amines) is 1. The lowest BCUT2D eigenvalue weighted by Gasteiger charge is -2.27. The normalized spacial score (nSPS) is 16.0. The zero-order valence-electron chi connectivity index (χ0n) is 16.7. The van der Waals surface area contributed by atoms with Gasteiger partial charge in [-0.15, -0.1) is 11.3 Å². The largest absolute Gasteiger partial charge is 0.497 e. The van der Waals surface area contributed by atoms with E-state index in [1.54, 1.807) is 14.2 Å². The van der Waals surface area contributed by atoms with Gasteiger partial charge in [-0.2, -0.15) is 0 Å². The molecule has 2 heterocycles. The molecule has 2 aromatic rings. The average Bonchev–Trinajstić information content (AvgIpc) is 3.44. The molecule has 1 aliphatic heterocycles. The highest BCUT2D eigenvalue weighted by atomic mass is 32.1. The number of guanidine groups is 1. The van der Waals surface area contributed by atoms with Gasteiger partial charge in [-0.1, -0.05) is 12.1 Å². The van der Waals surface area contributed by atoms with Crippen LogP contribution in [0.4, 0.5) is 0 Å². The van der Waals surface area contributed by atoms with Gasteiger partial charge in [0.1, 0.15) is 18.1 Å². The SMILES string of the molecule is CN=C(NCCOc1cccc(OC)c1)NCC(c1cccs1)N1CCCC1. The fourth-order valence-electron chi connectivity index (χ4n) is 3.39. The van der Waals surface area contributed by atoms with Gasteiger partial charge in [0.2, 0.25) is 0 Å². The molecule has 1 aromatic carbocycles. The minimum absolute atomic E-state index is 0.397. The number of hydrogen-bond acceptors (Lipinski definition) is 5. The lowest BCUT2D eigenvalue weighted by molar-refractivity contribution is 0.248. The molecular weight excluding hydrogens is 372 g/mol. The van der Waals surface area contributed by atoms with Crippen molar-refractivity contribution in [3.63, 3.8) is 0 Å². The molecule has 1 aromatic heterocycles. The monoisotopic (exact) mass is 402 g/mol. The lowest BCUT2D eigenvalue weighted by Crippen LogP contribution is -2.43. The van der Waals surface area contributed by atoms with E-state index in [1.807, 2.05) is 35.6 Å². The van der Waals surface area contributed by atoms with Crippen molar-refractivity contribution in [3.05, 3.63) is 46.7 Å². The van der Waals surface area contributed by atoms with Crippen molar-refractivity contribution in [2.45, 2.75) is 18.9 Å². The van der Waals surface area contributed by atoms with Gasteiger partial charge in [0.25, 0.3) is 0 Å². The van der Waals surface area contributed by atoms with Crippen molar-refractivity contribution in [2.24, 2.45) is 4.99 Å². The maximum atomic E-state index is 5.78. The average molecular weight is 403 g/mol. The summed E-state index contributed by atoms with van der Waals surface area (Å²) in [5, 5.41) is 8.96. The molecule has 0 amide bonds. The Balaban J connectivity index is 1.44. The summed E-state index contributed by atoms with van der Waals surface area (Å²) in [7, 11) is 3.45. The van der Waals surface area contributed by atoms with Gasteiger partial charge < -0.3 is 20.1 Å². The molecule has 1 atom stereocenters. The molecule has 152 valence electrons. The molecule has 0 bridgehead atoms. The molecule has 0 radical (unpaired) electrons. The summed E-state index contributed by atoms with van der Waals surface area (Å²) >= 11 is 1.83. The second kappa shape index (κ2) is 10.9. The summed E-state index contributed by atoms with van der Waals surface area (Å²) in [6, 6.07) is 12.4. The fourth-order valence-corrected chi connectivity index (χ4v) is 4.25. The van der Waals surface area contributed by atoms with Gasteiger partial charge >= 0.3 is 0 Å². The Kier molecular flexibility index (Phi) is 7.99. The van der Waals surface area contributed by atoms with Gasteiger partial charge in [0.15, 0.2) is 5.96 Å². The molecule has 6 nitrogen and oxygen atoms in total. The van der Waals surface area contributed by atoms with Crippen molar-refractivity contribution >= 4 is 17.3 Å². The first-order valence-corrected chi connectivity index (χ1v) is 10.7. The van der Waals surface area contributed by atoms with Gasteiger partial charge in [-0.25, -0.2) is 0 Å². The van der Waals surface area contributed by atoms with E-state index >= 15 is 0 Å². The fraction of sp³-hybridized carbons (Fsp3) is 0.476. The third-order valence-electron chi connectivity index (χ3n) is 4.84. The number of ether oxygens (including phenoxy) is 2. The van der Waals surface area contributed by atoms with Crippen LogP contribution in [0.1, 0.15) is 23.8 Å². The molecule has 1 aliphatic rings. The summed E-state index contributed by atoms with van der Waals surface area (Å²) < 4.78 is 11.0. The van der Waals surface area contributed by atoms with E-state index in [0.717, 1.165) is 24.0 Å². The van der Waals surface area contributed by atoms with Crippen LogP contribution in [0.25, 0.3) is 0 Å². The Morgan fingerprint density at radius 2 is 2.00 bits per heavy atom. The molecule has 0 aliphatic carbocycles. The third kappa shape index (κ3) is 5.87. The van der Waals surface area contributed by atoms with Crippen LogP contribution in [0.15, 0.2) is 46.8 Å². The Hall–Kier alpha value is -2.25. The summed E-state index contributed by atoms with van der Waals surface area (Å²) in [5.74, 6) is 2.40. The Labute approximate surface area is 171 Å². The number of rotatable bonds is 9. The van der Waals surface area contributed by atoms with Crippen LogP contribution in [0, 0.1) is 0 Å². The zero-order chi connectivity index (χ0) is 19.6. The highest BCUT2D eigenvalue weighted by Gasteiger charge is 2.24. The zero-order valence-corrected chi connectivity index (χ0v) is 17.5. The van der Waals surface area contributed by atoms with Gasteiger partial charge in [-0.05, 0) is 49.5 Å². The highest BCUT2D eigenvalue weighted by molar-refractivity contribution is 7.10. The molecule has 3 rings (SSSR count). The Morgan fingerprint density at radius 3 is 2.71 bits per heavy atom. The Bertz CT molecular complexity index is 730. The molecular formula is C21H30N4O2S. The van der Waals surface area contributed by atoms with E-state index in [0.29, 0.717) is 19.2 Å². The second-order valence-corrected chi connectivity index (χ2v) is 7.66. The van der Waals surface area contributed by atoms with E-state index < -0.39 is 0 Å². The molecule has 7 heteroatoms. The standard InChI is InChI=1S/C21H30N4O2S/c1-22-21(23-10-13-27-18-8-5-7-17(15-18)26-2)24-16-19(20-9-6-14-28-20)25-11-3-4-12-25/h5-9,14-15,19H,3-4,10-13,16H2,1-2H3,(H2,22,23,24). The smallest absolute Gasteiger partial charge is 0.191 e. The molecule has 1 fully saturated rings. The van der Waals surface area contributed by atoms with Crippen LogP contribution < -0.4 is 20.1 Å². The number of thiophene rings is 1. The first-order valence-electron chi connectivity index (χ1n) is 9.79. The van der Waals surface area contributed by atoms with Crippen molar-refractivity contribution in [1.29, 1.82) is 0 Å². The Morgan fingerprint density at radius 1 is 1.18 bits per heavy atom. The summed E-state index contributed by atoms with van der Waals surface area (Å²) in [4.78, 5) is 8.32. The molecule has 0 spiro atoms. The number of methoxy groups -OCH3 is 1. The first-order chi connectivity index (χ1) is 13.8. The number of benzene rings is 1. The van der Waals surface area contributed by atoms with E-state index in [4.69, 9.17) is 9.47 Å². The van der Waals surface area contributed by atoms with Crippen molar-refractivity contribution < 1.29 is 9.47 Å². The van der Waals surface area contributed by atoms with Gasteiger partial charge in [-0.3, -0.25) is 9.89 Å². The van der Waals surface area contributed by atoms with Crippen molar-refractivity contribution in [1.82, 2.24) is 15.5 Å². The summed E-state index contributed by atoms with van der Waals surface area (Å²) in [6.07, 6.45) is 2.58. The minimum Gasteiger partial charge on any atom is -0.497 e. The van der Waals surface area contributed by atoms with Crippen LogP contribution in [0.2, 0.25) is 0 Å². The number of hydrogen-bond donors (Lipinski definition) is 2. The molecule has 1 unspecified atom stereocenters. The highest BCUT2D eigenvalue weighted by Crippen LogP contribution is 2.27. The topological polar surface area (TPSA) is 58.1 Å². The van der Waals surface area contributed by atoms with Crippen LogP contribution in [-0.2, 0) is 0 Å². The predicted octanol–water partition coefficient (Wildman–Crippen LogP) is 3.14. The number of nitrogens with one attached hydrogen (secondary N) is 2. The third-order valence-corrected chi connectivity index (χ3v) is 5.82. The van der Waals surface area contributed by atoms with E-state index in [9.17, 15) is 0 Å². The van der Waals surface area contributed by atoms with E-state index in [-0.39, 0.29) is 0 Å². The van der Waals surface area contributed by atoms with Gasteiger partial charge in [0.05, 0.1) is 19.7 Å². The van der Waals surface area contributed by atoms with Crippen LogP contribution in [-0.4, -0.2) is 57.8 Å². The van der Waals surface area contributed by atoms with Crippen LogP contribution in [0.3, 0.4) is 0 Å². The molecule has 1 saturated heterocycles. The molecule has 2 N–H and O–H groups in total. The van der Waals surface area contributed by atoms with E-state index in [1.165, 1.54) is 30.8 Å².